The summed E-state index contributed by atoms with van der Waals surface area (Å²) >= 11 is 1.59. The van der Waals surface area contributed by atoms with Gasteiger partial charge in [0.2, 0.25) is 11.8 Å². The van der Waals surface area contributed by atoms with Gasteiger partial charge in [-0.3, -0.25) is 14.5 Å². The fourth-order valence-electron chi connectivity index (χ4n) is 2.89. The average molecular weight is 350 g/mol. The Hall–Kier alpha value is -1.53. The molecule has 0 aliphatic heterocycles. The fraction of sp³-hybridized carbons (Fsp3) is 0.556. The van der Waals surface area contributed by atoms with Crippen molar-refractivity contribution in [1.82, 2.24) is 10.2 Å². The Kier molecular flexibility index (Phi) is 7.12. The topological polar surface area (TPSA) is 61.4 Å². The summed E-state index contributed by atoms with van der Waals surface area (Å²) in [4.78, 5) is 27.4. The second-order valence-electron chi connectivity index (χ2n) is 6.33. The molecule has 1 aromatic rings. The lowest BCUT2D eigenvalue weighted by molar-refractivity contribution is -0.127. The maximum Gasteiger partial charge on any atom is 0.238 e. The number of nitrogens with zero attached hydrogens (tertiary/aromatic N) is 1. The smallest absolute Gasteiger partial charge is 0.238 e. The van der Waals surface area contributed by atoms with Crippen LogP contribution in [-0.2, 0) is 9.59 Å². The number of benzene rings is 1. The Morgan fingerprint density at radius 3 is 2.62 bits per heavy atom. The first kappa shape index (κ1) is 18.8. The molecule has 0 heterocycles. The van der Waals surface area contributed by atoms with Crippen molar-refractivity contribution in [2.75, 3.05) is 25.2 Å². The molecule has 2 amide bonds. The molecule has 1 unspecified atom stereocenters. The average Bonchev–Trinajstić information content (AvgIpc) is 3.07. The van der Waals surface area contributed by atoms with Crippen LogP contribution in [-0.4, -0.2) is 48.6 Å². The Morgan fingerprint density at radius 1 is 1.29 bits per heavy atom. The highest BCUT2D eigenvalue weighted by Crippen LogP contribution is 2.24. The number of likely N-dealkylation sites (N-methyl/N-ethyl adjacent to an activating group) is 1. The van der Waals surface area contributed by atoms with Crippen LogP contribution in [0.5, 0.6) is 0 Å². The number of hydrogen-bond donors (Lipinski definition) is 2. The van der Waals surface area contributed by atoms with Crippen LogP contribution in [0.4, 0.5) is 5.69 Å². The van der Waals surface area contributed by atoms with E-state index in [0.29, 0.717) is 6.04 Å². The molecule has 6 heteroatoms. The SMILES string of the molecule is CSc1ccccc1NC(=O)CN(C)C(C)C(=O)NC1CCCC1. The highest BCUT2D eigenvalue weighted by Gasteiger charge is 2.24. The summed E-state index contributed by atoms with van der Waals surface area (Å²) in [5, 5.41) is 6.01. The summed E-state index contributed by atoms with van der Waals surface area (Å²) in [6.07, 6.45) is 6.48. The van der Waals surface area contributed by atoms with Gasteiger partial charge < -0.3 is 10.6 Å². The highest BCUT2D eigenvalue weighted by molar-refractivity contribution is 7.98. The molecule has 0 saturated heterocycles. The van der Waals surface area contributed by atoms with Crippen molar-refractivity contribution in [3.63, 3.8) is 0 Å². The molecule has 132 valence electrons. The van der Waals surface area contributed by atoms with Crippen LogP contribution in [0.25, 0.3) is 0 Å². The van der Waals surface area contributed by atoms with E-state index < -0.39 is 0 Å². The van der Waals surface area contributed by atoms with Gasteiger partial charge in [-0.1, -0.05) is 25.0 Å². The Labute approximate surface area is 148 Å². The third-order valence-electron chi connectivity index (χ3n) is 4.52. The summed E-state index contributed by atoms with van der Waals surface area (Å²) in [6, 6.07) is 7.68. The number of anilines is 1. The first-order valence-electron chi connectivity index (χ1n) is 8.44. The second-order valence-corrected chi connectivity index (χ2v) is 7.18. The van der Waals surface area contributed by atoms with Gasteiger partial charge in [0.15, 0.2) is 0 Å². The molecule has 1 aliphatic carbocycles. The van der Waals surface area contributed by atoms with Gasteiger partial charge in [-0.05, 0) is 45.2 Å². The number of amides is 2. The number of carbonyl (C=O) groups is 2. The molecule has 2 N–H and O–H groups in total. The van der Waals surface area contributed by atoms with E-state index in [2.05, 4.69) is 10.6 Å². The van der Waals surface area contributed by atoms with Crippen molar-refractivity contribution in [1.29, 1.82) is 0 Å². The van der Waals surface area contributed by atoms with Crippen molar-refractivity contribution in [2.45, 2.75) is 49.6 Å². The van der Waals surface area contributed by atoms with E-state index >= 15 is 0 Å². The van der Waals surface area contributed by atoms with Crippen molar-refractivity contribution >= 4 is 29.3 Å². The third kappa shape index (κ3) is 5.24. The molecular weight excluding hydrogens is 322 g/mol. The van der Waals surface area contributed by atoms with E-state index in [1.807, 2.05) is 37.4 Å². The van der Waals surface area contributed by atoms with Crippen LogP contribution in [0.15, 0.2) is 29.2 Å². The lowest BCUT2D eigenvalue weighted by Gasteiger charge is -2.25. The van der Waals surface area contributed by atoms with Gasteiger partial charge in [-0.25, -0.2) is 0 Å². The molecule has 1 saturated carbocycles. The molecular formula is C18H27N3O2S. The minimum atomic E-state index is -0.327. The van der Waals surface area contributed by atoms with E-state index in [1.165, 1.54) is 12.8 Å². The zero-order chi connectivity index (χ0) is 17.5. The van der Waals surface area contributed by atoms with Crippen molar-refractivity contribution in [3.05, 3.63) is 24.3 Å². The zero-order valence-electron chi connectivity index (χ0n) is 14.7. The van der Waals surface area contributed by atoms with Crippen LogP contribution in [0.3, 0.4) is 0 Å². The molecule has 0 aromatic heterocycles. The number of carbonyl (C=O) groups excluding carboxylic acids is 2. The summed E-state index contributed by atoms with van der Waals surface area (Å²) in [7, 11) is 1.80. The van der Waals surface area contributed by atoms with Crippen LogP contribution >= 0.6 is 11.8 Å². The molecule has 1 aliphatic rings. The first-order valence-corrected chi connectivity index (χ1v) is 9.67. The predicted molar refractivity (Wildman–Crippen MR) is 99.3 cm³/mol. The molecule has 1 atom stereocenters. The van der Waals surface area contributed by atoms with Crippen molar-refractivity contribution in [2.24, 2.45) is 0 Å². The van der Waals surface area contributed by atoms with E-state index in [4.69, 9.17) is 0 Å². The normalized spacial score (nSPS) is 16.2. The summed E-state index contributed by atoms with van der Waals surface area (Å²) in [5.41, 5.74) is 0.812. The first-order chi connectivity index (χ1) is 11.5. The summed E-state index contributed by atoms with van der Waals surface area (Å²) in [6.45, 7) is 2.02. The van der Waals surface area contributed by atoms with Gasteiger partial charge >= 0.3 is 0 Å². The molecule has 0 radical (unpaired) electrons. The molecule has 0 spiro atoms. The molecule has 1 fully saturated rings. The zero-order valence-corrected chi connectivity index (χ0v) is 15.5. The van der Waals surface area contributed by atoms with Crippen LogP contribution in [0.1, 0.15) is 32.6 Å². The monoisotopic (exact) mass is 349 g/mol. The molecule has 1 aromatic carbocycles. The minimum Gasteiger partial charge on any atom is -0.352 e. The lowest BCUT2D eigenvalue weighted by Crippen LogP contribution is -2.48. The maximum absolute atomic E-state index is 12.3. The number of thioether (sulfide) groups is 1. The number of nitrogens with one attached hydrogen (secondary N) is 2. The summed E-state index contributed by atoms with van der Waals surface area (Å²) < 4.78 is 0. The van der Waals surface area contributed by atoms with Crippen LogP contribution in [0.2, 0.25) is 0 Å². The third-order valence-corrected chi connectivity index (χ3v) is 5.31. The van der Waals surface area contributed by atoms with Gasteiger partial charge in [0.1, 0.15) is 0 Å². The molecule has 0 bridgehead atoms. The molecule has 24 heavy (non-hydrogen) atoms. The highest BCUT2D eigenvalue weighted by atomic mass is 32.2. The largest absolute Gasteiger partial charge is 0.352 e. The van der Waals surface area contributed by atoms with Gasteiger partial charge in [0.05, 0.1) is 18.3 Å². The standard InChI is InChI=1S/C18H27N3O2S/c1-13(18(23)19-14-8-4-5-9-14)21(2)12-17(22)20-15-10-6-7-11-16(15)24-3/h6-7,10-11,13-14H,4-5,8-9,12H2,1-3H3,(H,19,23)(H,20,22). The van der Waals surface area contributed by atoms with Crippen molar-refractivity contribution < 1.29 is 9.59 Å². The van der Waals surface area contributed by atoms with Crippen LogP contribution in [0, 0.1) is 0 Å². The van der Waals surface area contributed by atoms with Gasteiger partial charge in [-0.15, -0.1) is 11.8 Å². The number of rotatable bonds is 7. The quantitative estimate of drug-likeness (QED) is 0.743. The lowest BCUT2D eigenvalue weighted by atomic mass is 10.2. The van der Waals surface area contributed by atoms with Gasteiger partial charge in [0.25, 0.3) is 0 Å². The van der Waals surface area contributed by atoms with E-state index in [9.17, 15) is 9.59 Å². The van der Waals surface area contributed by atoms with Crippen molar-refractivity contribution in [3.8, 4) is 0 Å². The van der Waals surface area contributed by atoms with E-state index in [1.54, 1.807) is 23.7 Å². The second kappa shape index (κ2) is 9.08. The van der Waals surface area contributed by atoms with E-state index in [-0.39, 0.29) is 24.4 Å². The number of hydrogen-bond acceptors (Lipinski definition) is 4. The number of para-hydroxylation sites is 1. The predicted octanol–water partition coefficient (Wildman–Crippen LogP) is 2.73. The maximum atomic E-state index is 12.3. The van der Waals surface area contributed by atoms with Gasteiger partial charge in [0, 0.05) is 10.9 Å². The molecule has 5 nitrogen and oxygen atoms in total. The Morgan fingerprint density at radius 2 is 1.96 bits per heavy atom. The Balaban J connectivity index is 1.84. The summed E-state index contributed by atoms with van der Waals surface area (Å²) in [5.74, 6) is -0.110. The minimum absolute atomic E-state index is 0.00159. The fourth-order valence-corrected chi connectivity index (χ4v) is 3.45. The van der Waals surface area contributed by atoms with Crippen LogP contribution < -0.4 is 10.6 Å². The Bertz CT molecular complexity index is 573. The van der Waals surface area contributed by atoms with E-state index in [0.717, 1.165) is 23.4 Å². The molecule has 2 rings (SSSR count). The van der Waals surface area contributed by atoms with Gasteiger partial charge in [-0.2, -0.15) is 0 Å².